The van der Waals surface area contributed by atoms with Gasteiger partial charge in [0.2, 0.25) is 0 Å². The van der Waals surface area contributed by atoms with E-state index in [2.05, 4.69) is 0 Å². The van der Waals surface area contributed by atoms with Crippen LogP contribution >= 0.6 is 0 Å². The van der Waals surface area contributed by atoms with E-state index in [0.717, 1.165) is 4.90 Å². The molecule has 0 saturated heterocycles. The van der Waals surface area contributed by atoms with Crippen LogP contribution in [0.2, 0.25) is 0 Å². The minimum atomic E-state index is -4.31. The zero-order chi connectivity index (χ0) is 23.8. The van der Waals surface area contributed by atoms with Gasteiger partial charge in [0.15, 0.2) is 15.1 Å². The summed E-state index contributed by atoms with van der Waals surface area (Å²) >= 11 is 0. The molecule has 0 aliphatic carbocycles. The third-order valence-corrected chi connectivity index (χ3v) is 7.62. The standard InChI is InChI=1S/C24H18FNO6S/c25-17-9-5-15(6-10-17)16-7-11-18(12-8-16)33(31,32)21(24(29)30)13-14-26-22(27)19-3-1-2-4-20(19)23(26)28/h1-12,21H,13-14H2,(H,29,30). The maximum Gasteiger partial charge on any atom is 0.322 e. The van der Waals surface area contributed by atoms with Gasteiger partial charge in [0.25, 0.3) is 11.8 Å². The van der Waals surface area contributed by atoms with E-state index in [1.54, 1.807) is 24.3 Å². The molecule has 7 nitrogen and oxygen atoms in total. The molecule has 1 heterocycles. The molecule has 0 aromatic heterocycles. The van der Waals surface area contributed by atoms with Crippen LogP contribution in [-0.2, 0) is 14.6 Å². The minimum absolute atomic E-state index is 0.202. The van der Waals surface area contributed by atoms with Gasteiger partial charge in [0.05, 0.1) is 16.0 Å². The summed E-state index contributed by atoms with van der Waals surface area (Å²) in [6.45, 7) is -0.351. The Morgan fingerprint density at radius 2 is 1.33 bits per heavy atom. The quantitative estimate of drug-likeness (QED) is 0.534. The van der Waals surface area contributed by atoms with Crippen LogP contribution in [0.15, 0.2) is 77.7 Å². The number of hydrogen-bond acceptors (Lipinski definition) is 5. The number of benzene rings is 3. The average Bonchev–Trinajstić information content (AvgIpc) is 3.04. The lowest BCUT2D eigenvalue weighted by Crippen LogP contribution is -2.37. The lowest BCUT2D eigenvalue weighted by Gasteiger charge is -2.18. The topological polar surface area (TPSA) is 109 Å². The van der Waals surface area contributed by atoms with Crippen LogP contribution in [0.25, 0.3) is 11.1 Å². The van der Waals surface area contributed by atoms with Crippen molar-refractivity contribution in [2.75, 3.05) is 6.54 Å². The van der Waals surface area contributed by atoms with Crippen molar-refractivity contribution < 1.29 is 32.3 Å². The highest BCUT2D eigenvalue weighted by Crippen LogP contribution is 2.27. The molecule has 1 aliphatic rings. The first-order valence-corrected chi connectivity index (χ1v) is 11.5. The summed E-state index contributed by atoms with van der Waals surface area (Å²) in [6.07, 6.45) is -0.456. The second-order valence-electron chi connectivity index (χ2n) is 7.50. The molecule has 0 bridgehead atoms. The normalized spacial score (nSPS) is 14.3. The summed E-state index contributed by atoms with van der Waals surface area (Å²) in [5.41, 5.74) is 1.70. The van der Waals surface area contributed by atoms with Crippen molar-refractivity contribution in [3.63, 3.8) is 0 Å². The maximum atomic E-state index is 13.1. The molecule has 3 aromatic rings. The van der Waals surface area contributed by atoms with E-state index in [-0.39, 0.29) is 22.6 Å². The van der Waals surface area contributed by atoms with Crippen molar-refractivity contribution in [1.82, 2.24) is 4.90 Å². The number of rotatable bonds is 7. The number of aliphatic carboxylic acids is 1. The monoisotopic (exact) mass is 467 g/mol. The van der Waals surface area contributed by atoms with E-state index in [9.17, 15) is 32.3 Å². The van der Waals surface area contributed by atoms with Crippen molar-refractivity contribution in [3.8, 4) is 11.1 Å². The van der Waals surface area contributed by atoms with Gasteiger partial charge < -0.3 is 5.11 Å². The fourth-order valence-corrected chi connectivity index (χ4v) is 5.27. The Morgan fingerprint density at radius 3 is 1.82 bits per heavy atom. The molecule has 0 radical (unpaired) electrons. The van der Waals surface area contributed by atoms with Gasteiger partial charge in [-0.25, -0.2) is 12.8 Å². The van der Waals surface area contributed by atoms with Gasteiger partial charge in [-0.3, -0.25) is 19.3 Å². The Bertz CT molecular complexity index is 1320. The molecule has 2 amide bonds. The number of carboxylic acid groups (broad SMARTS) is 1. The fraction of sp³-hybridized carbons (Fsp3) is 0.125. The third-order valence-electron chi connectivity index (χ3n) is 5.50. The zero-order valence-electron chi connectivity index (χ0n) is 17.1. The van der Waals surface area contributed by atoms with E-state index in [4.69, 9.17) is 0 Å². The molecular formula is C24H18FNO6S. The number of carbonyl (C=O) groups excluding carboxylic acids is 2. The van der Waals surface area contributed by atoms with Crippen molar-refractivity contribution in [1.29, 1.82) is 0 Å². The SMILES string of the molecule is O=C(O)C(CCN1C(=O)c2ccccc2C1=O)S(=O)(=O)c1ccc(-c2ccc(F)cc2)cc1. The molecule has 33 heavy (non-hydrogen) atoms. The zero-order valence-corrected chi connectivity index (χ0v) is 18.0. The second-order valence-corrected chi connectivity index (χ2v) is 9.63. The van der Waals surface area contributed by atoms with Gasteiger partial charge in [-0.2, -0.15) is 0 Å². The molecule has 0 saturated carbocycles. The molecule has 168 valence electrons. The first kappa shape index (κ1) is 22.3. The van der Waals surface area contributed by atoms with Crippen molar-refractivity contribution in [3.05, 3.63) is 89.7 Å². The number of carbonyl (C=O) groups is 3. The van der Waals surface area contributed by atoms with Crippen molar-refractivity contribution in [2.45, 2.75) is 16.6 Å². The van der Waals surface area contributed by atoms with Crippen LogP contribution in [-0.4, -0.2) is 48.0 Å². The summed E-state index contributed by atoms with van der Waals surface area (Å²) in [5, 5.41) is 7.76. The Morgan fingerprint density at radius 1 is 0.848 bits per heavy atom. The largest absolute Gasteiger partial charge is 0.480 e. The van der Waals surface area contributed by atoms with Crippen LogP contribution in [0.5, 0.6) is 0 Å². The summed E-state index contributed by atoms with van der Waals surface area (Å²) in [7, 11) is -4.31. The molecule has 4 rings (SSSR count). The number of carboxylic acids is 1. The van der Waals surface area contributed by atoms with Crippen molar-refractivity contribution in [2.24, 2.45) is 0 Å². The molecule has 1 N–H and O–H groups in total. The lowest BCUT2D eigenvalue weighted by molar-refractivity contribution is -0.136. The predicted octanol–water partition coefficient (Wildman–Crippen LogP) is 3.41. The fourth-order valence-electron chi connectivity index (χ4n) is 3.74. The number of amides is 2. The predicted molar refractivity (Wildman–Crippen MR) is 117 cm³/mol. The number of fused-ring (bicyclic) bond motifs is 1. The molecule has 1 atom stereocenters. The van der Waals surface area contributed by atoms with Gasteiger partial charge in [-0.1, -0.05) is 36.4 Å². The highest BCUT2D eigenvalue weighted by molar-refractivity contribution is 7.92. The highest BCUT2D eigenvalue weighted by atomic mass is 32.2. The van der Waals surface area contributed by atoms with Gasteiger partial charge in [-0.15, -0.1) is 0 Å². The number of nitrogens with zero attached hydrogens (tertiary/aromatic N) is 1. The molecule has 1 unspecified atom stereocenters. The number of hydrogen-bond donors (Lipinski definition) is 1. The number of halogens is 1. The van der Waals surface area contributed by atoms with E-state index in [0.29, 0.717) is 11.1 Å². The lowest BCUT2D eigenvalue weighted by atomic mass is 10.1. The Labute approximate surface area is 189 Å². The summed E-state index contributed by atoms with van der Waals surface area (Å²) in [6, 6.07) is 17.4. The average molecular weight is 467 g/mol. The molecule has 0 fully saturated rings. The summed E-state index contributed by atoms with van der Waals surface area (Å²) in [5.74, 6) is -3.14. The molecule has 0 spiro atoms. The van der Waals surface area contributed by atoms with E-state index in [1.165, 1.54) is 48.5 Å². The smallest absolute Gasteiger partial charge is 0.322 e. The van der Waals surface area contributed by atoms with Gasteiger partial charge in [0, 0.05) is 6.54 Å². The number of imide groups is 1. The van der Waals surface area contributed by atoms with E-state index in [1.807, 2.05) is 0 Å². The second kappa shape index (κ2) is 8.59. The highest BCUT2D eigenvalue weighted by Gasteiger charge is 2.39. The maximum absolute atomic E-state index is 13.1. The first-order valence-electron chi connectivity index (χ1n) is 9.98. The van der Waals surface area contributed by atoms with E-state index < -0.39 is 45.1 Å². The minimum Gasteiger partial charge on any atom is -0.480 e. The Balaban J connectivity index is 1.54. The number of sulfone groups is 1. The summed E-state index contributed by atoms with van der Waals surface area (Å²) in [4.78, 5) is 37.5. The van der Waals surface area contributed by atoms with Crippen LogP contribution in [0.4, 0.5) is 4.39 Å². The molecule has 3 aromatic carbocycles. The van der Waals surface area contributed by atoms with Crippen LogP contribution in [0.3, 0.4) is 0 Å². The third kappa shape index (κ3) is 4.14. The van der Waals surface area contributed by atoms with Gasteiger partial charge >= 0.3 is 5.97 Å². The van der Waals surface area contributed by atoms with Crippen molar-refractivity contribution >= 4 is 27.6 Å². The first-order chi connectivity index (χ1) is 15.7. The van der Waals surface area contributed by atoms with E-state index >= 15 is 0 Å². The molecule has 1 aliphatic heterocycles. The van der Waals surface area contributed by atoms with Gasteiger partial charge in [-0.05, 0) is 53.9 Å². The van der Waals surface area contributed by atoms with Crippen LogP contribution in [0, 0.1) is 5.82 Å². The van der Waals surface area contributed by atoms with Crippen LogP contribution < -0.4 is 0 Å². The Hall–Kier alpha value is -3.85. The molecular weight excluding hydrogens is 449 g/mol. The Kier molecular flexibility index (Phi) is 5.82. The van der Waals surface area contributed by atoms with Gasteiger partial charge in [0.1, 0.15) is 5.82 Å². The van der Waals surface area contributed by atoms with Crippen LogP contribution in [0.1, 0.15) is 27.1 Å². The summed E-state index contributed by atoms with van der Waals surface area (Å²) < 4.78 is 39.2. The molecule has 9 heteroatoms.